The van der Waals surface area contributed by atoms with Gasteiger partial charge in [0.25, 0.3) is 0 Å². The van der Waals surface area contributed by atoms with Crippen LogP contribution in [-0.4, -0.2) is 44.7 Å². The summed E-state index contributed by atoms with van der Waals surface area (Å²) in [5, 5.41) is 0. The number of carbonyl (C=O) groups is 1. The monoisotopic (exact) mass is 387 g/mol. The molecule has 1 aromatic carbocycles. The van der Waals surface area contributed by atoms with Gasteiger partial charge in [0.05, 0.1) is 20.1 Å². The Morgan fingerprint density at radius 3 is 2.68 bits per heavy atom. The molecule has 1 fully saturated rings. The molecule has 0 saturated carbocycles. The first-order valence-electron chi connectivity index (χ1n) is 10.3. The second-order valence-electron chi connectivity index (χ2n) is 8.15. The summed E-state index contributed by atoms with van der Waals surface area (Å²) in [6.45, 7) is 5.06. The molecule has 5 heteroatoms. The van der Waals surface area contributed by atoms with E-state index in [1.807, 2.05) is 13.0 Å². The van der Waals surface area contributed by atoms with Gasteiger partial charge in [0.1, 0.15) is 5.76 Å². The van der Waals surface area contributed by atoms with E-state index < -0.39 is 0 Å². The lowest BCUT2D eigenvalue weighted by atomic mass is 9.68. The number of benzene rings is 1. The van der Waals surface area contributed by atoms with Crippen LogP contribution in [0.1, 0.15) is 51.5 Å². The molecule has 2 aliphatic rings. The van der Waals surface area contributed by atoms with Crippen molar-refractivity contribution in [3.05, 3.63) is 35.6 Å². The minimum absolute atomic E-state index is 0.0131. The van der Waals surface area contributed by atoms with Gasteiger partial charge < -0.3 is 14.2 Å². The largest absolute Gasteiger partial charge is 0.493 e. The van der Waals surface area contributed by atoms with Crippen LogP contribution < -0.4 is 9.47 Å². The average Bonchev–Trinajstić information content (AvgIpc) is 3.05. The third-order valence-electron chi connectivity index (χ3n) is 6.43. The van der Waals surface area contributed by atoms with E-state index >= 15 is 0 Å². The summed E-state index contributed by atoms with van der Waals surface area (Å²) < 4.78 is 16.7. The van der Waals surface area contributed by atoms with Gasteiger partial charge in [0.15, 0.2) is 11.5 Å². The number of methoxy groups -OCH3 is 2. The van der Waals surface area contributed by atoms with Crippen molar-refractivity contribution < 1.29 is 19.0 Å². The zero-order chi connectivity index (χ0) is 20.3. The summed E-state index contributed by atoms with van der Waals surface area (Å²) in [6, 6.07) is 6.47. The predicted molar refractivity (Wildman–Crippen MR) is 110 cm³/mol. The Hall–Kier alpha value is -2.01. The molecular formula is C23H33NO4. The van der Waals surface area contributed by atoms with Crippen LogP contribution in [0.25, 0.3) is 0 Å². The van der Waals surface area contributed by atoms with Gasteiger partial charge >= 0.3 is 5.97 Å². The molecule has 0 aromatic heterocycles. The van der Waals surface area contributed by atoms with Crippen LogP contribution >= 0.6 is 0 Å². The van der Waals surface area contributed by atoms with Crippen molar-refractivity contribution in [2.75, 3.05) is 27.8 Å². The molecule has 3 atom stereocenters. The van der Waals surface area contributed by atoms with E-state index in [-0.39, 0.29) is 23.3 Å². The molecule has 0 bridgehead atoms. The normalized spacial score (nSPS) is 25.6. The van der Waals surface area contributed by atoms with Crippen LogP contribution in [0.15, 0.2) is 30.0 Å². The van der Waals surface area contributed by atoms with Gasteiger partial charge in [-0.2, -0.15) is 0 Å². The second kappa shape index (κ2) is 8.56. The quantitative estimate of drug-likeness (QED) is 0.653. The summed E-state index contributed by atoms with van der Waals surface area (Å²) >= 11 is 0. The van der Waals surface area contributed by atoms with Crippen LogP contribution in [0.4, 0.5) is 0 Å². The SMILES string of the molecule is CCCC(C)C(=O)OC1=C[C@@H]2N(C)CC[C@]2(c2ccc(OC)c(OC)c2)CC1. The fourth-order valence-corrected chi connectivity index (χ4v) is 4.72. The first kappa shape index (κ1) is 20.7. The Morgan fingerprint density at radius 2 is 2.00 bits per heavy atom. The molecule has 0 spiro atoms. The second-order valence-corrected chi connectivity index (χ2v) is 8.15. The number of nitrogens with zero attached hydrogens (tertiary/aromatic N) is 1. The smallest absolute Gasteiger partial charge is 0.313 e. The van der Waals surface area contributed by atoms with Gasteiger partial charge in [-0.15, -0.1) is 0 Å². The standard InChI is InChI=1S/C23H33NO4/c1-6-7-16(2)22(25)28-18-10-11-23(12-13-24(3)21(23)15-18)17-8-9-19(26-4)20(14-17)27-5/h8-9,14-16,21H,6-7,10-13H2,1-5H3/t16?,21-,23-/m0/s1. The number of likely N-dealkylation sites (N-methyl/N-ethyl adjacent to an activating group) is 1. The van der Waals surface area contributed by atoms with Crippen LogP contribution in [-0.2, 0) is 14.9 Å². The molecule has 1 aliphatic carbocycles. The molecule has 5 nitrogen and oxygen atoms in total. The molecule has 1 aliphatic heterocycles. The first-order chi connectivity index (χ1) is 13.4. The number of fused-ring (bicyclic) bond motifs is 1. The third-order valence-corrected chi connectivity index (χ3v) is 6.43. The molecule has 1 aromatic rings. The molecular weight excluding hydrogens is 354 g/mol. The number of carbonyl (C=O) groups excluding carboxylic acids is 1. The Labute approximate surface area is 168 Å². The first-order valence-corrected chi connectivity index (χ1v) is 10.3. The van der Waals surface area contributed by atoms with Crippen molar-refractivity contribution in [2.45, 2.75) is 57.4 Å². The number of likely N-dealkylation sites (tertiary alicyclic amines) is 1. The van der Waals surface area contributed by atoms with Crippen LogP contribution in [0.3, 0.4) is 0 Å². The highest BCUT2D eigenvalue weighted by Crippen LogP contribution is 2.49. The molecule has 0 radical (unpaired) electrons. The number of hydrogen-bond acceptors (Lipinski definition) is 5. The van der Waals surface area contributed by atoms with E-state index in [1.165, 1.54) is 5.56 Å². The van der Waals surface area contributed by atoms with Crippen molar-refractivity contribution in [2.24, 2.45) is 5.92 Å². The number of allylic oxidation sites excluding steroid dienone is 1. The minimum Gasteiger partial charge on any atom is -0.493 e. The number of hydrogen-bond donors (Lipinski definition) is 0. The average molecular weight is 388 g/mol. The van der Waals surface area contributed by atoms with Gasteiger partial charge in [-0.05, 0) is 56.6 Å². The molecule has 1 saturated heterocycles. The van der Waals surface area contributed by atoms with Crippen molar-refractivity contribution >= 4 is 5.97 Å². The van der Waals surface area contributed by atoms with Crippen molar-refractivity contribution in [1.82, 2.24) is 4.90 Å². The van der Waals surface area contributed by atoms with Gasteiger partial charge in [-0.3, -0.25) is 9.69 Å². The summed E-state index contributed by atoms with van der Waals surface area (Å²) in [6.07, 6.45) is 6.84. The van der Waals surface area contributed by atoms with Crippen LogP contribution in [0.2, 0.25) is 0 Å². The Kier molecular flexibility index (Phi) is 6.33. The van der Waals surface area contributed by atoms with E-state index in [2.05, 4.69) is 37.1 Å². The molecule has 28 heavy (non-hydrogen) atoms. The molecule has 0 N–H and O–H groups in total. The van der Waals surface area contributed by atoms with Crippen molar-refractivity contribution in [1.29, 1.82) is 0 Å². The fraction of sp³-hybridized carbons (Fsp3) is 0.609. The lowest BCUT2D eigenvalue weighted by Crippen LogP contribution is -2.42. The highest BCUT2D eigenvalue weighted by molar-refractivity contribution is 5.73. The van der Waals surface area contributed by atoms with Gasteiger partial charge in [0, 0.05) is 17.9 Å². The predicted octanol–water partition coefficient (Wildman–Crippen LogP) is 4.30. The summed E-state index contributed by atoms with van der Waals surface area (Å²) in [5.41, 5.74) is 1.28. The van der Waals surface area contributed by atoms with Gasteiger partial charge in [0.2, 0.25) is 0 Å². The lowest BCUT2D eigenvalue weighted by Gasteiger charge is -2.40. The van der Waals surface area contributed by atoms with E-state index in [0.717, 1.165) is 55.9 Å². The molecule has 3 rings (SSSR count). The van der Waals surface area contributed by atoms with Gasteiger partial charge in [-0.25, -0.2) is 0 Å². The molecule has 1 unspecified atom stereocenters. The molecule has 0 amide bonds. The van der Waals surface area contributed by atoms with Gasteiger partial charge in [-0.1, -0.05) is 26.3 Å². The third kappa shape index (κ3) is 3.77. The van der Waals surface area contributed by atoms with E-state index in [9.17, 15) is 4.79 Å². The zero-order valence-electron chi connectivity index (χ0n) is 17.8. The summed E-state index contributed by atoms with van der Waals surface area (Å²) in [7, 11) is 5.48. The topological polar surface area (TPSA) is 48.0 Å². The van der Waals surface area contributed by atoms with Crippen LogP contribution in [0, 0.1) is 5.92 Å². The minimum atomic E-state index is -0.104. The Balaban J connectivity index is 1.87. The highest BCUT2D eigenvalue weighted by Gasteiger charge is 2.48. The van der Waals surface area contributed by atoms with Crippen molar-refractivity contribution in [3.63, 3.8) is 0 Å². The highest BCUT2D eigenvalue weighted by atomic mass is 16.5. The maximum absolute atomic E-state index is 12.4. The lowest BCUT2D eigenvalue weighted by molar-refractivity contribution is -0.144. The van der Waals surface area contributed by atoms with E-state index in [4.69, 9.17) is 14.2 Å². The fourth-order valence-electron chi connectivity index (χ4n) is 4.72. The zero-order valence-corrected chi connectivity index (χ0v) is 17.8. The summed E-state index contributed by atoms with van der Waals surface area (Å²) in [5.74, 6) is 2.17. The van der Waals surface area contributed by atoms with E-state index in [0.29, 0.717) is 0 Å². The van der Waals surface area contributed by atoms with Crippen LogP contribution in [0.5, 0.6) is 11.5 Å². The maximum atomic E-state index is 12.4. The number of esters is 1. The summed E-state index contributed by atoms with van der Waals surface area (Å²) in [4.78, 5) is 14.7. The molecule has 1 heterocycles. The maximum Gasteiger partial charge on any atom is 0.313 e. The Morgan fingerprint density at radius 1 is 1.25 bits per heavy atom. The Bertz CT molecular complexity index is 744. The molecule has 154 valence electrons. The number of ether oxygens (including phenoxy) is 3. The van der Waals surface area contributed by atoms with Crippen molar-refractivity contribution in [3.8, 4) is 11.5 Å². The number of rotatable bonds is 7. The van der Waals surface area contributed by atoms with E-state index in [1.54, 1.807) is 14.2 Å².